The molecule has 158 valence electrons. The van der Waals surface area contributed by atoms with Gasteiger partial charge in [0.05, 0.1) is 19.8 Å². The molecule has 1 heterocycles. The van der Waals surface area contributed by atoms with Crippen molar-refractivity contribution in [1.29, 1.82) is 0 Å². The number of amides is 3. The molecule has 0 atom stereocenters. The van der Waals surface area contributed by atoms with Gasteiger partial charge in [-0.3, -0.25) is 4.79 Å². The Hall–Kier alpha value is -3.75. The van der Waals surface area contributed by atoms with Crippen molar-refractivity contribution in [2.75, 3.05) is 32.7 Å². The van der Waals surface area contributed by atoms with Crippen molar-refractivity contribution in [3.8, 4) is 11.5 Å². The van der Waals surface area contributed by atoms with Gasteiger partial charge in [-0.2, -0.15) is 0 Å². The van der Waals surface area contributed by atoms with E-state index in [1.165, 1.54) is 24.3 Å². The van der Waals surface area contributed by atoms with Crippen molar-refractivity contribution in [2.24, 2.45) is 5.73 Å². The van der Waals surface area contributed by atoms with Crippen molar-refractivity contribution >= 4 is 23.6 Å². The molecule has 30 heavy (non-hydrogen) atoms. The molecule has 9 nitrogen and oxygen atoms in total. The van der Waals surface area contributed by atoms with E-state index >= 15 is 0 Å². The summed E-state index contributed by atoms with van der Waals surface area (Å²) in [4.78, 5) is 37.2. The zero-order valence-corrected chi connectivity index (χ0v) is 16.8. The van der Waals surface area contributed by atoms with Crippen LogP contribution in [0.25, 0.3) is 0 Å². The Kier molecular flexibility index (Phi) is 6.41. The Bertz CT molecular complexity index is 958. The molecular formula is C21H23N3O6. The quantitative estimate of drug-likeness (QED) is 0.699. The van der Waals surface area contributed by atoms with Crippen molar-refractivity contribution in [2.45, 2.75) is 13.0 Å². The SMILES string of the molecule is COc1cc2c(cc1OC)CN(C(=O)COC(=O)c1ccc(NC(N)=O)cc1)CC2. The number of carbonyl (C=O) groups excluding carboxylic acids is 3. The Morgan fingerprint density at radius 2 is 1.67 bits per heavy atom. The predicted octanol–water partition coefficient (Wildman–Crippen LogP) is 1.94. The summed E-state index contributed by atoms with van der Waals surface area (Å²) in [6.45, 7) is 0.564. The van der Waals surface area contributed by atoms with Gasteiger partial charge in [0.25, 0.3) is 5.91 Å². The van der Waals surface area contributed by atoms with Gasteiger partial charge in [0.2, 0.25) is 0 Å². The fraction of sp³-hybridized carbons (Fsp3) is 0.286. The van der Waals surface area contributed by atoms with Crippen LogP contribution < -0.4 is 20.5 Å². The first kappa shape index (κ1) is 21.0. The minimum absolute atomic E-state index is 0.263. The summed E-state index contributed by atoms with van der Waals surface area (Å²) in [7, 11) is 3.14. The lowest BCUT2D eigenvalue weighted by Gasteiger charge is -2.29. The van der Waals surface area contributed by atoms with Gasteiger partial charge in [-0.25, -0.2) is 9.59 Å². The van der Waals surface area contributed by atoms with Crippen molar-refractivity contribution in [3.63, 3.8) is 0 Å². The summed E-state index contributed by atoms with van der Waals surface area (Å²) in [5, 5.41) is 2.40. The van der Waals surface area contributed by atoms with Crippen molar-refractivity contribution < 1.29 is 28.6 Å². The molecule has 0 saturated heterocycles. The fourth-order valence-electron chi connectivity index (χ4n) is 3.23. The van der Waals surface area contributed by atoms with Crippen LogP contribution in [0.4, 0.5) is 10.5 Å². The standard InChI is InChI=1S/C21H23N3O6/c1-28-17-9-14-7-8-24(11-15(14)10-18(17)29-2)19(25)12-30-20(26)13-3-5-16(6-4-13)23-21(22)27/h3-6,9-10H,7-8,11-12H2,1-2H3,(H3,22,23,27). The molecule has 3 rings (SSSR count). The van der Waals surface area contributed by atoms with Crippen LogP contribution >= 0.6 is 0 Å². The molecule has 1 aliphatic heterocycles. The first-order valence-corrected chi connectivity index (χ1v) is 9.26. The van der Waals surface area contributed by atoms with Gasteiger partial charge in [0.1, 0.15) is 0 Å². The van der Waals surface area contributed by atoms with E-state index in [1.54, 1.807) is 19.1 Å². The van der Waals surface area contributed by atoms with E-state index in [0.717, 1.165) is 11.1 Å². The van der Waals surface area contributed by atoms with E-state index in [0.29, 0.717) is 36.7 Å². The lowest BCUT2D eigenvalue weighted by Crippen LogP contribution is -2.38. The summed E-state index contributed by atoms with van der Waals surface area (Å²) in [5.41, 5.74) is 7.82. The van der Waals surface area contributed by atoms with E-state index in [9.17, 15) is 14.4 Å². The van der Waals surface area contributed by atoms with Crippen molar-refractivity contribution in [3.05, 3.63) is 53.1 Å². The van der Waals surface area contributed by atoms with Crippen LogP contribution in [0.1, 0.15) is 21.5 Å². The molecule has 0 unspecified atom stereocenters. The van der Waals surface area contributed by atoms with Gasteiger partial charge in [0.15, 0.2) is 18.1 Å². The van der Waals surface area contributed by atoms with Crippen LogP contribution in [-0.4, -0.2) is 50.2 Å². The number of nitrogens with zero attached hydrogens (tertiary/aromatic N) is 1. The molecule has 0 radical (unpaired) electrons. The van der Waals surface area contributed by atoms with E-state index in [1.807, 2.05) is 12.1 Å². The molecule has 2 aromatic carbocycles. The second-order valence-electron chi connectivity index (χ2n) is 6.68. The number of rotatable bonds is 6. The number of primary amides is 1. The van der Waals surface area contributed by atoms with E-state index in [4.69, 9.17) is 19.9 Å². The highest BCUT2D eigenvalue weighted by Gasteiger charge is 2.23. The zero-order valence-electron chi connectivity index (χ0n) is 16.8. The minimum Gasteiger partial charge on any atom is -0.493 e. The maximum Gasteiger partial charge on any atom is 0.338 e. The summed E-state index contributed by atoms with van der Waals surface area (Å²) in [6, 6.07) is 9.09. The molecule has 0 aromatic heterocycles. The number of hydrogen-bond donors (Lipinski definition) is 2. The third-order valence-corrected chi connectivity index (χ3v) is 4.79. The molecule has 9 heteroatoms. The molecule has 0 fully saturated rings. The number of methoxy groups -OCH3 is 2. The first-order valence-electron chi connectivity index (χ1n) is 9.26. The number of nitrogens with two attached hydrogens (primary N) is 1. The average Bonchev–Trinajstić information content (AvgIpc) is 2.75. The molecule has 3 N–H and O–H groups in total. The highest BCUT2D eigenvalue weighted by Crippen LogP contribution is 2.33. The maximum absolute atomic E-state index is 12.5. The monoisotopic (exact) mass is 413 g/mol. The van der Waals surface area contributed by atoms with Gasteiger partial charge in [-0.1, -0.05) is 0 Å². The van der Waals surface area contributed by atoms with Crippen LogP contribution in [0.5, 0.6) is 11.5 Å². The van der Waals surface area contributed by atoms with Gasteiger partial charge < -0.3 is 30.2 Å². The van der Waals surface area contributed by atoms with E-state index in [2.05, 4.69) is 5.32 Å². The third-order valence-electron chi connectivity index (χ3n) is 4.79. The van der Waals surface area contributed by atoms with Gasteiger partial charge >= 0.3 is 12.0 Å². The molecule has 0 spiro atoms. The van der Waals surface area contributed by atoms with Crippen LogP contribution in [0, 0.1) is 0 Å². The Balaban J connectivity index is 1.58. The van der Waals surface area contributed by atoms with Crippen LogP contribution in [0.15, 0.2) is 36.4 Å². The zero-order chi connectivity index (χ0) is 21.7. The summed E-state index contributed by atoms with van der Waals surface area (Å²) >= 11 is 0. The molecule has 3 amide bonds. The van der Waals surface area contributed by atoms with Gasteiger partial charge in [-0.05, 0) is 53.9 Å². The average molecular weight is 413 g/mol. The van der Waals surface area contributed by atoms with E-state index in [-0.39, 0.29) is 18.1 Å². The highest BCUT2D eigenvalue weighted by molar-refractivity contribution is 5.93. The lowest BCUT2D eigenvalue weighted by molar-refractivity contribution is -0.135. The molecule has 0 bridgehead atoms. The molecule has 1 aliphatic rings. The van der Waals surface area contributed by atoms with Crippen LogP contribution in [-0.2, 0) is 22.5 Å². The second-order valence-corrected chi connectivity index (χ2v) is 6.68. The molecule has 0 saturated carbocycles. The minimum atomic E-state index is -0.699. The van der Waals surface area contributed by atoms with Crippen LogP contribution in [0.3, 0.4) is 0 Å². The summed E-state index contributed by atoms with van der Waals surface area (Å²) in [5.74, 6) is 0.349. The number of urea groups is 1. The number of fused-ring (bicyclic) bond motifs is 1. The lowest BCUT2D eigenvalue weighted by atomic mass is 9.99. The number of nitrogens with one attached hydrogen (secondary N) is 1. The summed E-state index contributed by atoms with van der Waals surface area (Å²) in [6.07, 6.45) is 0.670. The largest absolute Gasteiger partial charge is 0.493 e. The Morgan fingerprint density at radius 1 is 1.03 bits per heavy atom. The van der Waals surface area contributed by atoms with E-state index < -0.39 is 12.0 Å². The first-order chi connectivity index (χ1) is 14.4. The predicted molar refractivity (Wildman–Crippen MR) is 109 cm³/mol. The normalized spacial score (nSPS) is 12.5. The smallest absolute Gasteiger partial charge is 0.338 e. The Labute approximate surface area is 173 Å². The molecule has 2 aromatic rings. The topological polar surface area (TPSA) is 120 Å². The number of anilines is 1. The molecular weight excluding hydrogens is 390 g/mol. The highest BCUT2D eigenvalue weighted by atomic mass is 16.5. The van der Waals surface area contributed by atoms with Gasteiger partial charge in [0, 0.05) is 18.8 Å². The summed E-state index contributed by atoms with van der Waals surface area (Å²) < 4.78 is 15.8. The maximum atomic E-state index is 12.5. The van der Waals surface area contributed by atoms with Crippen LogP contribution in [0.2, 0.25) is 0 Å². The number of carbonyl (C=O) groups is 3. The fourth-order valence-corrected chi connectivity index (χ4v) is 3.23. The Morgan fingerprint density at radius 3 is 2.27 bits per heavy atom. The number of hydrogen-bond acceptors (Lipinski definition) is 6. The van der Waals surface area contributed by atoms with Crippen molar-refractivity contribution in [1.82, 2.24) is 4.90 Å². The van der Waals surface area contributed by atoms with Gasteiger partial charge in [-0.15, -0.1) is 0 Å². The number of esters is 1. The third kappa shape index (κ3) is 4.80. The molecule has 0 aliphatic carbocycles. The second kappa shape index (κ2) is 9.17. The number of ether oxygens (including phenoxy) is 3. The number of benzene rings is 2.